The summed E-state index contributed by atoms with van der Waals surface area (Å²) in [6.45, 7) is 1.43. The van der Waals surface area contributed by atoms with E-state index >= 15 is 0 Å². The fraction of sp³-hybridized carbons (Fsp3) is 0.167. The van der Waals surface area contributed by atoms with Crippen molar-refractivity contribution >= 4 is 58.3 Å². The topological polar surface area (TPSA) is 84.9 Å². The van der Waals surface area contributed by atoms with Crippen LogP contribution in [0, 0.1) is 12.7 Å². The summed E-state index contributed by atoms with van der Waals surface area (Å²) in [7, 11) is 3.09. The van der Waals surface area contributed by atoms with Gasteiger partial charge in [-0.25, -0.2) is 4.39 Å². The minimum Gasteiger partial charge on any atom is -0.493 e. The van der Waals surface area contributed by atoms with Gasteiger partial charge in [-0.05, 0) is 36.8 Å². The largest absolute Gasteiger partial charge is 0.493 e. The van der Waals surface area contributed by atoms with Crippen LogP contribution in [0.4, 0.5) is 4.39 Å². The molecule has 0 radical (unpaired) electrons. The van der Waals surface area contributed by atoms with Gasteiger partial charge in [-0.3, -0.25) is 9.59 Å². The summed E-state index contributed by atoms with van der Waals surface area (Å²) in [6, 6.07) is 10.7. The molecule has 0 bridgehead atoms. The number of benzene rings is 3. The Kier molecular flexibility index (Phi) is 10.5. The Morgan fingerprint density at radius 3 is 1.94 bits per heavy atom. The smallest absolute Gasteiger partial charge is 0.322 e. The van der Waals surface area contributed by atoms with Gasteiger partial charge in [0.15, 0.2) is 11.5 Å². The Morgan fingerprint density at radius 2 is 1.46 bits per heavy atom. The van der Waals surface area contributed by atoms with E-state index in [-0.39, 0.29) is 25.7 Å². The fourth-order valence-corrected chi connectivity index (χ4v) is 4.31. The van der Waals surface area contributed by atoms with Crippen LogP contribution in [0.3, 0.4) is 0 Å². The number of rotatable bonds is 6. The molecule has 6 nitrogen and oxygen atoms in total. The van der Waals surface area contributed by atoms with Gasteiger partial charge in [-0.15, -0.1) is 0 Å². The van der Waals surface area contributed by atoms with Gasteiger partial charge < -0.3 is 19.9 Å². The molecule has 0 heterocycles. The Hall–Kier alpha value is -2.71. The summed E-state index contributed by atoms with van der Waals surface area (Å²) < 4.78 is 24.0. The number of aryl methyl sites for hydroxylation is 1. The Balaban J connectivity index is 0.000000258. The Morgan fingerprint density at radius 1 is 0.914 bits per heavy atom. The number of ether oxygens (including phenoxy) is 2. The van der Waals surface area contributed by atoms with E-state index in [9.17, 15) is 14.0 Å². The standard InChI is InChI=1S/C15H13Cl2FO2.C9H7Cl2NO3/c1-8-4-5-10(15(20-3)14(8)19-2)13-11(16)6-9(18)7-12(13)17;10-5-2-1-3-6(11)8(5)9(15)12-4-7(13)14/h4-7H,1-3H3;1-3H,4H2,(H,12,15)(H,13,14). The minimum absolute atomic E-state index is 0.0853. The molecule has 3 aromatic carbocycles. The fourth-order valence-electron chi connectivity index (χ4n) is 3.07. The summed E-state index contributed by atoms with van der Waals surface area (Å²) >= 11 is 23.7. The first-order valence-electron chi connectivity index (χ1n) is 9.82. The van der Waals surface area contributed by atoms with Crippen LogP contribution in [0.25, 0.3) is 11.1 Å². The average molecular weight is 563 g/mol. The molecule has 0 aliphatic heterocycles. The van der Waals surface area contributed by atoms with E-state index < -0.39 is 24.2 Å². The van der Waals surface area contributed by atoms with Crippen LogP contribution < -0.4 is 14.8 Å². The summed E-state index contributed by atoms with van der Waals surface area (Å²) in [4.78, 5) is 21.7. The first-order valence-corrected chi connectivity index (χ1v) is 11.3. The summed E-state index contributed by atoms with van der Waals surface area (Å²) in [6.07, 6.45) is 0. The maximum Gasteiger partial charge on any atom is 0.322 e. The molecule has 35 heavy (non-hydrogen) atoms. The maximum atomic E-state index is 13.3. The number of carboxylic acids is 1. The second-order valence-corrected chi connectivity index (χ2v) is 8.54. The summed E-state index contributed by atoms with van der Waals surface area (Å²) in [5.41, 5.74) is 2.18. The molecule has 0 aliphatic carbocycles. The maximum absolute atomic E-state index is 13.3. The molecule has 0 spiro atoms. The monoisotopic (exact) mass is 561 g/mol. The minimum atomic E-state index is -1.13. The highest BCUT2D eigenvalue weighted by Gasteiger charge is 2.19. The lowest BCUT2D eigenvalue weighted by molar-refractivity contribution is -0.135. The third-order valence-corrected chi connectivity index (χ3v) is 5.81. The van der Waals surface area contributed by atoms with E-state index in [2.05, 4.69) is 5.32 Å². The second-order valence-electron chi connectivity index (χ2n) is 6.91. The first-order chi connectivity index (χ1) is 16.5. The van der Waals surface area contributed by atoms with Crippen LogP contribution in [0.15, 0.2) is 42.5 Å². The van der Waals surface area contributed by atoms with Gasteiger partial charge in [0.1, 0.15) is 12.4 Å². The number of methoxy groups -OCH3 is 2. The molecule has 0 aliphatic rings. The SMILES string of the molecule is COc1c(C)ccc(-c2c(Cl)cc(F)cc2Cl)c1OC.O=C(O)CNC(=O)c1c(Cl)cccc1Cl. The zero-order chi connectivity index (χ0) is 26.3. The van der Waals surface area contributed by atoms with Crippen LogP contribution >= 0.6 is 46.4 Å². The van der Waals surface area contributed by atoms with Crippen molar-refractivity contribution in [3.63, 3.8) is 0 Å². The van der Waals surface area contributed by atoms with Crippen LogP contribution in [0.2, 0.25) is 20.1 Å². The molecule has 3 rings (SSSR count). The molecule has 186 valence electrons. The van der Waals surface area contributed by atoms with Crippen LogP contribution in [-0.4, -0.2) is 37.7 Å². The molecule has 3 aromatic rings. The van der Waals surface area contributed by atoms with Crippen molar-refractivity contribution in [1.82, 2.24) is 5.32 Å². The van der Waals surface area contributed by atoms with E-state index in [1.807, 2.05) is 19.1 Å². The predicted molar refractivity (Wildman–Crippen MR) is 136 cm³/mol. The number of carbonyl (C=O) groups is 2. The van der Waals surface area contributed by atoms with Crippen molar-refractivity contribution < 1.29 is 28.6 Å². The lowest BCUT2D eigenvalue weighted by Gasteiger charge is -2.16. The highest BCUT2D eigenvalue weighted by molar-refractivity contribution is 6.40. The summed E-state index contributed by atoms with van der Waals surface area (Å²) in [5, 5.41) is 11.4. The third kappa shape index (κ3) is 7.15. The second kappa shape index (κ2) is 12.8. The lowest BCUT2D eigenvalue weighted by atomic mass is 10.0. The predicted octanol–water partition coefficient (Wildman–Crippen LogP) is 6.93. The number of amides is 1. The molecular weight excluding hydrogens is 543 g/mol. The number of aliphatic carboxylic acids is 1. The Bertz CT molecular complexity index is 1210. The van der Waals surface area contributed by atoms with Gasteiger partial charge in [-0.2, -0.15) is 0 Å². The number of hydrogen-bond donors (Lipinski definition) is 2. The molecule has 1 amide bonds. The van der Waals surface area contributed by atoms with Crippen molar-refractivity contribution in [2.24, 2.45) is 0 Å². The Labute approximate surface area is 221 Å². The van der Waals surface area contributed by atoms with Crippen molar-refractivity contribution in [2.75, 3.05) is 20.8 Å². The molecular formula is C24H20Cl4FNO5. The summed E-state index contributed by atoms with van der Waals surface area (Å²) in [5.74, 6) is -1.11. The number of carboxylic acid groups (broad SMARTS) is 1. The van der Waals surface area contributed by atoms with Crippen LogP contribution in [0.1, 0.15) is 15.9 Å². The number of carbonyl (C=O) groups excluding carboxylic acids is 1. The van der Waals surface area contributed by atoms with Gasteiger partial charge in [0, 0.05) is 11.1 Å². The molecule has 0 aromatic heterocycles. The van der Waals surface area contributed by atoms with Crippen molar-refractivity contribution in [1.29, 1.82) is 0 Å². The molecule has 0 saturated carbocycles. The van der Waals surface area contributed by atoms with Gasteiger partial charge in [0.2, 0.25) is 0 Å². The van der Waals surface area contributed by atoms with Gasteiger partial charge in [0.05, 0.1) is 39.9 Å². The molecule has 0 atom stereocenters. The third-order valence-electron chi connectivity index (χ3n) is 4.58. The van der Waals surface area contributed by atoms with E-state index in [4.69, 9.17) is 61.0 Å². The number of halogens is 5. The highest BCUT2D eigenvalue weighted by Crippen LogP contribution is 2.45. The zero-order valence-electron chi connectivity index (χ0n) is 18.7. The highest BCUT2D eigenvalue weighted by atomic mass is 35.5. The zero-order valence-corrected chi connectivity index (χ0v) is 21.7. The van der Waals surface area contributed by atoms with E-state index in [1.165, 1.54) is 31.4 Å². The average Bonchev–Trinajstić information content (AvgIpc) is 2.78. The molecule has 11 heteroatoms. The number of nitrogens with one attached hydrogen (secondary N) is 1. The quantitative estimate of drug-likeness (QED) is 0.340. The van der Waals surface area contributed by atoms with Gasteiger partial charge >= 0.3 is 5.97 Å². The van der Waals surface area contributed by atoms with Crippen molar-refractivity contribution in [3.05, 3.63) is 79.5 Å². The van der Waals surface area contributed by atoms with Crippen LogP contribution in [-0.2, 0) is 4.79 Å². The molecule has 0 fully saturated rings. The lowest BCUT2D eigenvalue weighted by Crippen LogP contribution is -2.29. The van der Waals surface area contributed by atoms with Gasteiger partial charge in [0.25, 0.3) is 5.91 Å². The van der Waals surface area contributed by atoms with E-state index in [0.29, 0.717) is 22.6 Å². The number of hydrogen-bond acceptors (Lipinski definition) is 4. The molecule has 2 N–H and O–H groups in total. The van der Waals surface area contributed by atoms with Crippen molar-refractivity contribution in [3.8, 4) is 22.6 Å². The first kappa shape index (κ1) is 28.5. The van der Waals surface area contributed by atoms with Gasteiger partial charge in [-0.1, -0.05) is 64.6 Å². The molecule has 0 unspecified atom stereocenters. The van der Waals surface area contributed by atoms with Crippen molar-refractivity contribution in [2.45, 2.75) is 6.92 Å². The molecule has 0 saturated heterocycles. The normalized spacial score (nSPS) is 10.2. The van der Waals surface area contributed by atoms with E-state index in [0.717, 1.165) is 5.56 Å². The van der Waals surface area contributed by atoms with Crippen LogP contribution in [0.5, 0.6) is 11.5 Å². The van der Waals surface area contributed by atoms with E-state index in [1.54, 1.807) is 13.2 Å².